The maximum atomic E-state index is 12.8. The number of benzene rings is 1. The summed E-state index contributed by atoms with van der Waals surface area (Å²) in [6.45, 7) is 0. The number of H-pyrrole nitrogens is 1. The van der Waals surface area contributed by atoms with Gasteiger partial charge in [0.2, 0.25) is 11.1 Å². The molecule has 0 saturated heterocycles. The molecular weight excluding hydrogens is 401 g/mol. The Morgan fingerprint density at radius 3 is 2.78 bits per heavy atom. The lowest BCUT2D eigenvalue weighted by molar-refractivity contribution is -0.137. The van der Waals surface area contributed by atoms with E-state index in [0.717, 1.165) is 42.2 Å². The van der Waals surface area contributed by atoms with Gasteiger partial charge in [-0.05, 0) is 24.1 Å². The number of nitrogens with one attached hydrogen (secondary N) is 2. The van der Waals surface area contributed by atoms with Crippen LogP contribution >= 0.6 is 23.4 Å². The minimum atomic E-state index is -4.51. The standard InChI is InChI=1S/C17H18ClF3N4OS/c18-12-6-5-11(17(19,20)21)8-13(12)22-15(26)9-27-16-23-14(24-25-16)7-10-3-1-2-4-10/h5-6,8,10H,1-4,7,9H2,(H,22,26)(H,23,24,25). The van der Waals surface area contributed by atoms with E-state index in [1.165, 1.54) is 25.7 Å². The molecule has 1 saturated carbocycles. The Morgan fingerprint density at radius 1 is 1.33 bits per heavy atom. The Labute approximate surface area is 163 Å². The molecule has 1 heterocycles. The van der Waals surface area contributed by atoms with Gasteiger partial charge in [-0.15, -0.1) is 5.10 Å². The number of aromatic amines is 1. The highest BCUT2D eigenvalue weighted by Gasteiger charge is 2.31. The van der Waals surface area contributed by atoms with Crippen molar-refractivity contribution < 1.29 is 18.0 Å². The van der Waals surface area contributed by atoms with Crippen LogP contribution in [0.5, 0.6) is 0 Å². The van der Waals surface area contributed by atoms with Crippen molar-refractivity contribution in [2.45, 2.75) is 43.4 Å². The van der Waals surface area contributed by atoms with Crippen LogP contribution in [0.15, 0.2) is 23.4 Å². The topological polar surface area (TPSA) is 70.7 Å². The third-order valence-electron chi connectivity index (χ3n) is 4.37. The highest BCUT2D eigenvalue weighted by atomic mass is 35.5. The summed E-state index contributed by atoms with van der Waals surface area (Å²) in [7, 11) is 0. The molecule has 0 spiro atoms. The highest BCUT2D eigenvalue weighted by Crippen LogP contribution is 2.34. The first-order valence-electron chi connectivity index (χ1n) is 8.52. The summed E-state index contributed by atoms with van der Waals surface area (Å²) in [5, 5.41) is 9.83. The van der Waals surface area contributed by atoms with E-state index in [1.54, 1.807) is 0 Å². The molecule has 1 amide bonds. The Bertz CT molecular complexity index is 806. The molecule has 0 atom stereocenters. The number of hydrogen-bond acceptors (Lipinski definition) is 4. The van der Waals surface area contributed by atoms with E-state index in [9.17, 15) is 18.0 Å². The summed E-state index contributed by atoms with van der Waals surface area (Å²) in [5.41, 5.74) is -0.950. The second kappa shape index (κ2) is 8.52. The van der Waals surface area contributed by atoms with Crippen LogP contribution in [0.4, 0.5) is 18.9 Å². The molecule has 0 radical (unpaired) electrons. The molecule has 3 rings (SSSR count). The van der Waals surface area contributed by atoms with E-state index in [2.05, 4.69) is 20.5 Å². The largest absolute Gasteiger partial charge is 0.416 e. The molecule has 2 N–H and O–H groups in total. The van der Waals surface area contributed by atoms with Crippen molar-refractivity contribution in [3.63, 3.8) is 0 Å². The van der Waals surface area contributed by atoms with Crippen molar-refractivity contribution >= 4 is 35.0 Å². The number of aromatic nitrogens is 3. The second-order valence-corrected chi connectivity index (χ2v) is 7.80. The van der Waals surface area contributed by atoms with Crippen molar-refractivity contribution in [1.29, 1.82) is 0 Å². The van der Waals surface area contributed by atoms with Gasteiger partial charge in [-0.25, -0.2) is 4.98 Å². The molecule has 10 heteroatoms. The van der Waals surface area contributed by atoms with Gasteiger partial charge >= 0.3 is 6.18 Å². The predicted molar refractivity (Wildman–Crippen MR) is 97.9 cm³/mol. The summed E-state index contributed by atoms with van der Waals surface area (Å²) in [5.74, 6) is 0.907. The summed E-state index contributed by atoms with van der Waals surface area (Å²) in [6.07, 6.45) is 1.23. The molecule has 0 unspecified atom stereocenters. The molecule has 0 aliphatic heterocycles. The lowest BCUT2D eigenvalue weighted by Gasteiger charge is -2.11. The average Bonchev–Trinajstić information content (AvgIpc) is 3.26. The van der Waals surface area contributed by atoms with E-state index in [-0.39, 0.29) is 16.5 Å². The molecule has 0 bridgehead atoms. The highest BCUT2D eigenvalue weighted by molar-refractivity contribution is 7.99. The summed E-state index contributed by atoms with van der Waals surface area (Å²) in [6, 6.07) is 2.79. The molecule has 1 aliphatic rings. The van der Waals surface area contributed by atoms with Crippen LogP contribution in [0.1, 0.15) is 37.1 Å². The molecule has 1 aromatic carbocycles. The van der Waals surface area contributed by atoms with Gasteiger partial charge in [0, 0.05) is 6.42 Å². The zero-order valence-electron chi connectivity index (χ0n) is 14.3. The number of nitrogens with zero attached hydrogens (tertiary/aromatic N) is 2. The van der Waals surface area contributed by atoms with Gasteiger partial charge < -0.3 is 5.32 Å². The Balaban J connectivity index is 1.53. The van der Waals surface area contributed by atoms with Crippen LogP contribution in [-0.4, -0.2) is 26.8 Å². The number of carbonyl (C=O) groups excluding carboxylic acids is 1. The SMILES string of the molecule is O=C(CSc1n[nH]c(CC2CCCC2)n1)Nc1cc(C(F)(F)F)ccc1Cl. The average molecular weight is 419 g/mol. The molecule has 1 aromatic heterocycles. The van der Waals surface area contributed by atoms with Gasteiger partial charge in [0.1, 0.15) is 5.82 Å². The lowest BCUT2D eigenvalue weighted by atomic mass is 10.0. The number of halogens is 4. The van der Waals surface area contributed by atoms with Crippen molar-refractivity contribution in [3.8, 4) is 0 Å². The van der Waals surface area contributed by atoms with Crippen LogP contribution in [0.3, 0.4) is 0 Å². The number of rotatable bonds is 6. The van der Waals surface area contributed by atoms with Crippen LogP contribution < -0.4 is 5.32 Å². The van der Waals surface area contributed by atoms with Crippen molar-refractivity contribution in [1.82, 2.24) is 15.2 Å². The first-order valence-corrected chi connectivity index (χ1v) is 9.88. The molecule has 5 nitrogen and oxygen atoms in total. The van der Waals surface area contributed by atoms with Gasteiger partial charge in [0.05, 0.1) is 22.0 Å². The van der Waals surface area contributed by atoms with Crippen molar-refractivity contribution in [2.75, 3.05) is 11.1 Å². The lowest BCUT2D eigenvalue weighted by Crippen LogP contribution is -2.15. The molecule has 1 aliphatic carbocycles. The number of carbonyl (C=O) groups is 1. The van der Waals surface area contributed by atoms with Crippen LogP contribution in [-0.2, 0) is 17.4 Å². The maximum absolute atomic E-state index is 12.8. The molecule has 1 fully saturated rings. The minimum absolute atomic E-state index is 0.0344. The van der Waals surface area contributed by atoms with E-state index in [0.29, 0.717) is 11.1 Å². The van der Waals surface area contributed by atoms with Crippen molar-refractivity contribution in [3.05, 3.63) is 34.6 Å². The number of amides is 1. The Morgan fingerprint density at radius 2 is 2.07 bits per heavy atom. The van der Waals surface area contributed by atoms with E-state index in [4.69, 9.17) is 11.6 Å². The first kappa shape index (κ1) is 20.0. The fraction of sp³-hybridized carbons (Fsp3) is 0.471. The number of thioether (sulfide) groups is 1. The molecule has 27 heavy (non-hydrogen) atoms. The Kier molecular flexibility index (Phi) is 6.31. The number of hydrogen-bond donors (Lipinski definition) is 2. The summed E-state index contributed by atoms with van der Waals surface area (Å²) >= 11 is 6.98. The maximum Gasteiger partial charge on any atom is 0.416 e. The van der Waals surface area contributed by atoms with Crippen LogP contribution in [0.25, 0.3) is 0 Å². The summed E-state index contributed by atoms with van der Waals surface area (Å²) < 4.78 is 38.3. The predicted octanol–water partition coefficient (Wildman–Crippen LogP) is 4.94. The smallest absolute Gasteiger partial charge is 0.324 e. The van der Waals surface area contributed by atoms with Gasteiger partial charge in [-0.1, -0.05) is 49.0 Å². The fourth-order valence-corrected chi connectivity index (χ4v) is 3.82. The van der Waals surface area contributed by atoms with Crippen molar-refractivity contribution in [2.24, 2.45) is 5.92 Å². The van der Waals surface area contributed by atoms with E-state index >= 15 is 0 Å². The van der Waals surface area contributed by atoms with Crippen LogP contribution in [0, 0.1) is 5.92 Å². The van der Waals surface area contributed by atoms with Gasteiger partial charge in [-0.3, -0.25) is 9.89 Å². The number of anilines is 1. The van der Waals surface area contributed by atoms with Gasteiger partial charge in [-0.2, -0.15) is 13.2 Å². The molecule has 146 valence electrons. The zero-order chi connectivity index (χ0) is 19.4. The quantitative estimate of drug-likeness (QED) is 0.652. The minimum Gasteiger partial charge on any atom is -0.324 e. The monoisotopic (exact) mass is 418 g/mol. The van der Waals surface area contributed by atoms with Gasteiger partial charge in [0.15, 0.2) is 0 Å². The zero-order valence-corrected chi connectivity index (χ0v) is 15.8. The second-order valence-electron chi connectivity index (χ2n) is 6.45. The number of alkyl halides is 3. The normalized spacial score (nSPS) is 15.3. The third-order valence-corrected chi connectivity index (χ3v) is 5.54. The third kappa shape index (κ3) is 5.62. The first-order chi connectivity index (χ1) is 12.8. The van der Waals surface area contributed by atoms with Crippen LogP contribution in [0.2, 0.25) is 5.02 Å². The van der Waals surface area contributed by atoms with Gasteiger partial charge in [0.25, 0.3) is 0 Å². The molecular formula is C17H18ClF3N4OS. The van der Waals surface area contributed by atoms with E-state index < -0.39 is 17.6 Å². The van der Waals surface area contributed by atoms with E-state index in [1.807, 2.05) is 0 Å². The fourth-order valence-electron chi connectivity index (χ4n) is 3.04. The summed E-state index contributed by atoms with van der Waals surface area (Å²) in [4.78, 5) is 16.4. The Hall–Kier alpha value is -1.74. The molecule has 2 aromatic rings.